The van der Waals surface area contributed by atoms with Crippen molar-refractivity contribution in [2.24, 2.45) is 11.3 Å². The summed E-state index contributed by atoms with van der Waals surface area (Å²) in [6.45, 7) is 7.53. The number of amides is 1. The summed E-state index contributed by atoms with van der Waals surface area (Å²) in [7, 11) is 0. The minimum atomic E-state index is -0.157. The fourth-order valence-corrected chi connectivity index (χ4v) is 5.43. The van der Waals surface area contributed by atoms with Crippen LogP contribution in [0.5, 0.6) is 0 Å². The van der Waals surface area contributed by atoms with Crippen molar-refractivity contribution in [3.8, 4) is 0 Å². The van der Waals surface area contributed by atoms with Gasteiger partial charge in [-0.15, -0.1) is 0 Å². The Labute approximate surface area is 157 Å². The van der Waals surface area contributed by atoms with Crippen molar-refractivity contribution < 1.29 is 4.79 Å². The van der Waals surface area contributed by atoms with Gasteiger partial charge in [0.15, 0.2) is 0 Å². The Kier molecular flexibility index (Phi) is 4.83. The Bertz CT molecular complexity index is 638. The predicted octanol–water partition coefficient (Wildman–Crippen LogP) is 2.42. The zero-order valence-corrected chi connectivity index (χ0v) is 16.2. The summed E-state index contributed by atoms with van der Waals surface area (Å²) in [5, 5.41) is 10.3. The number of carbonyl (C=O) groups excluding carboxylic acids is 1. The van der Waals surface area contributed by atoms with Gasteiger partial charge in [-0.2, -0.15) is 0 Å². The van der Waals surface area contributed by atoms with Crippen LogP contribution in [-0.4, -0.2) is 37.1 Å². The Morgan fingerprint density at radius 3 is 2.50 bits per heavy atom. The van der Waals surface area contributed by atoms with E-state index in [1.54, 1.807) is 0 Å². The van der Waals surface area contributed by atoms with E-state index in [4.69, 9.17) is 0 Å². The van der Waals surface area contributed by atoms with E-state index in [1.165, 1.54) is 24.0 Å². The second kappa shape index (κ2) is 6.97. The molecule has 3 N–H and O–H groups in total. The summed E-state index contributed by atoms with van der Waals surface area (Å²) in [5.74, 6) is 0.830. The van der Waals surface area contributed by atoms with E-state index >= 15 is 0 Å². The molecule has 0 radical (unpaired) electrons. The van der Waals surface area contributed by atoms with E-state index in [9.17, 15) is 4.79 Å². The van der Waals surface area contributed by atoms with Gasteiger partial charge in [0.2, 0.25) is 5.91 Å². The van der Waals surface area contributed by atoms with Crippen LogP contribution in [0.3, 0.4) is 0 Å². The van der Waals surface area contributed by atoms with Crippen molar-refractivity contribution in [3.05, 3.63) is 35.4 Å². The molecule has 1 atom stereocenters. The fraction of sp³-hybridized carbons (Fsp3) is 0.682. The number of fused-ring (bicyclic) bond motifs is 1. The zero-order chi connectivity index (χ0) is 18.2. The molecule has 1 amide bonds. The van der Waals surface area contributed by atoms with Gasteiger partial charge in [0, 0.05) is 12.1 Å². The molecule has 2 aliphatic heterocycles. The van der Waals surface area contributed by atoms with Crippen LogP contribution in [0, 0.1) is 11.3 Å². The third-order valence-corrected chi connectivity index (χ3v) is 6.74. The van der Waals surface area contributed by atoms with E-state index in [2.05, 4.69) is 54.1 Å². The van der Waals surface area contributed by atoms with Gasteiger partial charge in [0.1, 0.15) is 0 Å². The van der Waals surface area contributed by atoms with Gasteiger partial charge >= 0.3 is 0 Å². The average Bonchev–Trinajstić information content (AvgIpc) is 3.18. The summed E-state index contributed by atoms with van der Waals surface area (Å²) < 4.78 is 0. The third-order valence-electron chi connectivity index (χ3n) is 6.74. The second-order valence-corrected chi connectivity index (χ2v) is 9.51. The molecule has 0 bridgehead atoms. The highest BCUT2D eigenvalue weighted by atomic mass is 16.2. The number of hydrogen-bond acceptors (Lipinski definition) is 3. The first-order chi connectivity index (χ1) is 12.4. The Morgan fingerprint density at radius 1 is 1.19 bits per heavy atom. The Morgan fingerprint density at radius 2 is 1.85 bits per heavy atom. The molecule has 4 rings (SSSR count). The smallest absolute Gasteiger partial charge is 0.237 e. The minimum absolute atomic E-state index is 0.0202. The minimum Gasteiger partial charge on any atom is -0.350 e. The van der Waals surface area contributed by atoms with E-state index in [1.807, 2.05) is 0 Å². The molecule has 26 heavy (non-hydrogen) atoms. The van der Waals surface area contributed by atoms with Gasteiger partial charge in [-0.1, -0.05) is 24.3 Å². The molecule has 1 aliphatic carbocycles. The van der Waals surface area contributed by atoms with Crippen LogP contribution in [0.1, 0.15) is 50.7 Å². The van der Waals surface area contributed by atoms with Gasteiger partial charge in [-0.05, 0) is 87.9 Å². The Balaban J connectivity index is 1.31. The highest BCUT2D eigenvalue weighted by Gasteiger charge is 2.43. The molecule has 0 aromatic heterocycles. The molecular weight excluding hydrogens is 322 g/mol. The molecule has 2 heterocycles. The number of piperidine rings is 1. The van der Waals surface area contributed by atoms with Crippen molar-refractivity contribution in [1.82, 2.24) is 16.0 Å². The lowest BCUT2D eigenvalue weighted by molar-refractivity contribution is -0.124. The molecule has 2 saturated heterocycles. The highest BCUT2D eigenvalue weighted by molar-refractivity contribution is 5.82. The molecule has 1 spiro atoms. The molecule has 1 aromatic carbocycles. The number of rotatable bonds is 4. The van der Waals surface area contributed by atoms with Crippen LogP contribution < -0.4 is 16.0 Å². The van der Waals surface area contributed by atoms with Crippen molar-refractivity contribution in [2.45, 2.75) is 64.0 Å². The van der Waals surface area contributed by atoms with Crippen molar-refractivity contribution >= 4 is 5.91 Å². The topological polar surface area (TPSA) is 53.2 Å². The van der Waals surface area contributed by atoms with Crippen LogP contribution in [0.25, 0.3) is 0 Å². The van der Waals surface area contributed by atoms with E-state index < -0.39 is 0 Å². The first-order valence-electron chi connectivity index (χ1n) is 10.3. The summed E-state index contributed by atoms with van der Waals surface area (Å²) in [6, 6.07) is 8.75. The van der Waals surface area contributed by atoms with Crippen LogP contribution in [0.15, 0.2) is 24.3 Å². The fourth-order valence-electron chi connectivity index (χ4n) is 5.43. The highest BCUT2D eigenvalue weighted by Crippen LogP contribution is 2.38. The number of nitrogens with one attached hydrogen (secondary N) is 3. The molecule has 4 heteroatoms. The molecule has 2 fully saturated rings. The van der Waals surface area contributed by atoms with E-state index in [0.717, 1.165) is 45.3 Å². The number of benzene rings is 1. The molecular formula is C22H33N3O. The monoisotopic (exact) mass is 355 g/mol. The van der Waals surface area contributed by atoms with Crippen LogP contribution in [-0.2, 0) is 17.6 Å². The maximum atomic E-state index is 12.9. The normalized spacial score (nSPS) is 25.4. The van der Waals surface area contributed by atoms with Crippen LogP contribution in [0.2, 0.25) is 0 Å². The van der Waals surface area contributed by atoms with Gasteiger partial charge in [-0.25, -0.2) is 0 Å². The zero-order valence-electron chi connectivity index (χ0n) is 16.2. The van der Waals surface area contributed by atoms with Crippen LogP contribution >= 0.6 is 0 Å². The summed E-state index contributed by atoms with van der Waals surface area (Å²) in [4.78, 5) is 12.9. The van der Waals surface area contributed by atoms with Crippen molar-refractivity contribution in [2.75, 3.05) is 19.6 Å². The third kappa shape index (κ3) is 3.81. The molecule has 1 aromatic rings. The lowest BCUT2D eigenvalue weighted by Crippen LogP contribution is -2.51. The van der Waals surface area contributed by atoms with Gasteiger partial charge in [0.05, 0.1) is 6.04 Å². The summed E-state index contributed by atoms with van der Waals surface area (Å²) in [6.07, 6.45) is 6.70. The molecule has 0 saturated carbocycles. The maximum absolute atomic E-state index is 12.9. The standard InChI is InChI=1S/C22H33N3O/c1-21(2,13-16-11-17-5-3-4-6-18(17)12-16)25-20(26)19-14-22(15-24-19)7-9-23-10-8-22/h3-6,16,19,23-24H,7-15H2,1-2H3,(H,25,26). The van der Waals surface area contributed by atoms with Crippen molar-refractivity contribution in [1.29, 1.82) is 0 Å². The quantitative estimate of drug-likeness (QED) is 0.777. The van der Waals surface area contributed by atoms with E-state index in [-0.39, 0.29) is 17.5 Å². The number of hydrogen-bond donors (Lipinski definition) is 3. The first-order valence-corrected chi connectivity index (χ1v) is 10.3. The summed E-state index contributed by atoms with van der Waals surface area (Å²) in [5.41, 5.74) is 3.16. The van der Waals surface area contributed by atoms with E-state index in [0.29, 0.717) is 11.3 Å². The van der Waals surface area contributed by atoms with Crippen LogP contribution in [0.4, 0.5) is 0 Å². The predicted molar refractivity (Wildman–Crippen MR) is 105 cm³/mol. The summed E-state index contributed by atoms with van der Waals surface area (Å²) >= 11 is 0. The van der Waals surface area contributed by atoms with Crippen molar-refractivity contribution in [3.63, 3.8) is 0 Å². The first kappa shape index (κ1) is 18.0. The lowest BCUT2D eigenvalue weighted by atomic mass is 9.77. The Hall–Kier alpha value is -1.39. The van der Waals surface area contributed by atoms with Gasteiger partial charge < -0.3 is 16.0 Å². The molecule has 142 valence electrons. The average molecular weight is 356 g/mol. The SMILES string of the molecule is CC(C)(CC1Cc2ccccc2C1)NC(=O)C1CC2(CCNCC2)CN1. The second-order valence-electron chi connectivity index (χ2n) is 9.51. The number of carbonyl (C=O) groups is 1. The molecule has 3 aliphatic rings. The lowest BCUT2D eigenvalue weighted by Gasteiger charge is -2.33. The van der Waals surface area contributed by atoms with Gasteiger partial charge in [0.25, 0.3) is 0 Å². The molecule has 1 unspecified atom stereocenters. The maximum Gasteiger partial charge on any atom is 0.237 e. The molecule has 4 nitrogen and oxygen atoms in total. The largest absolute Gasteiger partial charge is 0.350 e. The van der Waals surface area contributed by atoms with Gasteiger partial charge in [-0.3, -0.25) is 4.79 Å².